The molecule has 4 aromatic rings. The van der Waals surface area contributed by atoms with Gasteiger partial charge in [0, 0.05) is 45.2 Å². The molecule has 1 unspecified atom stereocenters. The number of nitrogens with zero attached hydrogens (tertiary/aromatic N) is 4. The molecule has 6 nitrogen and oxygen atoms in total. The van der Waals surface area contributed by atoms with E-state index in [1.165, 1.54) is 30.2 Å². The first-order valence-electron chi connectivity index (χ1n) is 13.0. The SMILES string of the molecule is C=C/C=c1\c(=C/C(C)F)c(-c2sccc2C#N)c(-c2cccc(N3CC(C(=O)N=O)C3)c2)n1Sc1ccc(C)cc1. The van der Waals surface area contributed by atoms with Gasteiger partial charge in [0.05, 0.1) is 27.4 Å². The Morgan fingerprint density at radius 3 is 2.66 bits per heavy atom. The summed E-state index contributed by atoms with van der Waals surface area (Å²) in [7, 11) is 0. The molecule has 2 aromatic heterocycles. The molecule has 1 fully saturated rings. The molecule has 0 saturated carbocycles. The third kappa shape index (κ3) is 5.67. The fourth-order valence-corrected chi connectivity index (χ4v) is 6.83. The summed E-state index contributed by atoms with van der Waals surface area (Å²) < 4.78 is 16.8. The van der Waals surface area contributed by atoms with Gasteiger partial charge in [-0.3, -0.25) is 8.77 Å². The Balaban J connectivity index is 1.79. The molecule has 206 valence electrons. The summed E-state index contributed by atoms with van der Waals surface area (Å²) in [5.41, 5.74) is 5.00. The zero-order chi connectivity index (χ0) is 29.1. The van der Waals surface area contributed by atoms with Crippen molar-refractivity contribution in [3.8, 4) is 27.8 Å². The van der Waals surface area contributed by atoms with Crippen molar-refractivity contribution < 1.29 is 9.18 Å². The summed E-state index contributed by atoms with van der Waals surface area (Å²) in [6.07, 6.45) is 3.90. The molecular formula is C32H27FN4O2S2. The van der Waals surface area contributed by atoms with E-state index in [-0.39, 0.29) is 0 Å². The number of amides is 1. The Hall–Kier alpha value is -4.26. The first-order valence-corrected chi connectivity index (χ1v) is 14.7. The fourth-order valence-electron chi connectivity index (χ4n) is 4.91. The molecule has 1 saturated heterocycles. The lowest BCUT2D eigenvalue weighted by molar-refractivity contribution is -0.122. The van der Waals surface area contributed by atoms with Crippen LogP contribution < -0.4 is 15.5 Å². The lowest BCUT2D eigenvalue weighted by atomic mass is 9.97. The van der Waals surface area contributed by atoms with Crippen molar-refractivity contribution in [3.05, 3.63) is 99.2 Å². The highest BCUT2D eigenvalue weighted by Gasteiger charge is 2.34. The molecule has 1 aliphatic heterocycles. The predicted octanol–water partition coefficient (Wildman–Crippen LogP) is 6.45. The van der Waals surface area contributed by atoms with E-state index < -0.39 is 18.0 Å². The first kappa shape index (κ1) is 28.3. The lowest BCUT2D eigenvalue weighted by Crippen LogP contribution is -2.50. The van der Waals surface area contributed by atoms with E-state index in [0.29, 0.717) is 23.9 Å². The number of thiophene rings is 1. The first-order chi connectivity index (χ1) is 19.8. The third-order valence-electron chi connectivity index (χ3n) is 6.91. The highest BCUT2D eigenvalue weighted by atomic mass is 32.2. The summed E-state index contributed by atoms with van der Waals surface area (Å²) in [5, 5.41) is 15.9. The molecule has 9 heteroatoms. The summed E-state index contributed by atoms with van der Waals surface area (Å²) in [4.78, 5) is 26.2. The van der Waals surface area contributed by atoms with Crippen LogP contribution in [0.1, 0.15) is 18.1 Å². The number of hydrogen-bond donors (Lipinski definition) is 0. The maximum atomic E-state index is 14.7. The van der Waals surface area contributed by atoms with Crippen LogP contribution in [0.15, 0.2) is 82.7 Å². The van der Waals surface area contributed by atoms with Crippen LogP contribution in [0.3, 0.4) is 0 Å². The Kier molecular flexibility index (Phi) is 8.34. The highest BCUT2D eigenvalue weighted by molar-refractivity contribution is 7.98. The number of hydrogen-bond acceptors (Lipinski definition) is 6. The second kappa shape index (κ2) is 12.1. The normalized spacial score (nSPS) is 14.9. The van der Waals surface area contributed by atoms with E-state index in [1.54, 1.807) is 18.2 Å². The second-order valence-electron chi connectivity index (χ2n) is 9.82. The molecule has 0 radical (unpaired) electrons. The van der Waals surface area contributed by atoms with Crippen LogP contribution >= 0.6 is 23.3 Å². The van der Waals surface area contributed by atoms with Gasteiger partial charge in [0.2, 0.25) is 0 Å². The van der Waals surface area contributed by atoms with Gasteiger partial charge in [0.25, 0.3) is 5.91 Å². The van der Waals surface area contributed by atoms with Crippen molar-refractivity contribution in [3.63, 3.8) is 0 Å². The summed E-state index contributed by atoms with van der Waals surface area (Å²) in [6, 6.07) is 20.2. The molecule has 0 aliphatic carbocycles. The number of halogens is 1. The van der Waals surface area contributed by atoms with Gasteiger partial charge < -0.3 is 4.90 Å². The van der Waals surface area contributed by atoms with Crippen molar-refractivity contribution in [2.45, 2.75) is 24.9 Å². The Bertz CT molecular complexity index is 1790. The van der Waals surface area contributed by atoms with Crippen LogP contribution in [0.5, 0.6) is 0 Å². The van der Waals surface area contributed by atoms with Gasteiger partial charge in [0.1, 0.15) is 12.2 Å². The Labute approximate surface area is 245 Å². The molecule has 3 heterocycles. The van der Waals surface area contributed by atoms with Crippen LogP contribution in [0.25, 0.3) is 33.9 Å². The maximum Gasteiger partial charge on any atom is 0.292 e. The molecule has 1 atom stereocenters. The summed E-state index contributed by atoms with van der Waals surface area (Å²) in [5.74, 6) is -1.03. The standard InChI is InChI=1S/C32H27FN4O2S2/c1-4-6-28-27(15-21(3)33)29(31-23(17-34)13-14-40-31)30(37(28)41-26-11-9-20(2)10-12-26)22-7-5-8-25(16-22)36-18-24(19-36)32(38)35-39/h4-16,21,24H,1,18-19H2,2-3H3/b27-15+,28-6+. The van der Waals surface area contributed by atoms with Crippen LogP contribution in [0.2, 0.25) is 0 Å². The van der Waals surface area contributed by atoms with Gasteiger partial charge in [-0.15, -0.1) is 16.2 Å². The van der Waals surface area contributed by atoms with Crippen molar-refractivity contribution in [2.24, 2.45) is 11.1 Å². The maximum absolute atomic E-state index is 14.7. The number of aryl methyl sites for hydroxylation is 1. The predicted molar refractivity (Wildman–Crippen MR) is 166 cm³/mol. The molecule has 41 heavy (non-hydrogen) atoms. The number of alkyl halides is 1. The molecule has 2 aromatic carbocycles. The van der Waals surface area contributed by atoms with Gasteiger partial charge in [-0.05, 0) is 73.7 Å². The number of allylic oxidation sites excluding steroid dienone is 1. The van der Waals surface area contributed by atoms with Crippen molar-refractivity contribution in [1.29, 1.82) is 5.26 Å². The number of nitroso groups, excluding NO2 is 1. The minimum absolute atomic E-state index is 0.405. The molecule has 0 spiro atoms. The van der Waals surface area contributed by atoms with Crippen LogP contribution in [0.4, 0.5) is 10.1 Å². The number of carbonyl (C=O) groups excluding carboxylic acids is 1. The van der Waals surface area contributed by atoms with Gasteiger partial charge >= 0.3 is 0 Å². The van der Waals surface area contributed by atoms with Gasteiger partial charge in [-0.25, -0.2) is 4.39 Å². The molecule has 5 rings (SSSR count). The molecule has 1 aliphatic rings. The van der Waals surface area contributed by atoms with Crippen LogP contribution in [0, 0.1) is 29.1 Å². The minimum atomic E-state index is -1.24. The van der Waals surface area contributed by atoms with E-state index in [9.17, 15) is 19.4 Å². The Morgan fingerprint density at radius 1 is 1.24 bits per heavy atom. The number of rotatable bonds is 8. The van der Waals surface area contributed by atoms with Crippen molar-refractivity contribution in [2.75, 3.05) is 18.0 Å². The van der Waals surface area contributed by atoms with Crippen molar-refractivity contribution in [1.82, 2.24) is 3.97 Å². The number of anilines is 1. The van der Waals surface area contributed by atoms with Gasteiger partial charge in [-0.2, -0.15) is 5.26 Å². The number of aromatic nitrogens is 1. The molecule has 1 amide bonds. The number of nitriles is 1. The van der Waals surface area contributed by atoms with E-state index >= 15 is 0 Å². The number of benzene rings is 2. The van der Waals surface area contributed by atoms with E-state index in [1.807, 2.05) is 71.8 Å². The quantitative estimate of drug-likeness (QED) is 0.223. The lowest BCUT2D eigenvalue weighted by Gasteiger charge is -2.38. The topological polar surface area (TPSA) is 78.5 Å². The average molecular weight is 583 g/mol. The van der Waals surface area contributed by atoms with Crippen LogP contribution in [-0.4, -0.2) is 29.1 Å². The second-order valence-corrected chi connectivity index (χ2v) is 11.8. The van der Waals surface area contributed by atoms with Gasteiger partial charge in [-0.1, -0.05) is 42.5 Å². The molecule has 0 N–H and O–H groups in total. The third-order valence-corrected chi connectivity index (χ3v) is 8.89. The summed E-state index contributed by atoms with van der Waals surface area (Å²) in [6.45, 7) is 8.28. The monoisotopic (exact) mass is 582 g/mol. The van der Waals surface area contributed by atoms with E-state index in [2.05, 4.69) is 21.8 Å². The van der Waals surface area contributed by atoms with Crippen molar-refractivity contribution >= 4 is 47.0 Å². The highest BCUT2D eigenvalue weighted by Crippen LogP contribution is 2.39. The average Bonchev–Trinajstić information content (AvgIpc) is 3.51. The smallest absolute Gasteiger partial charge is 0.292 e. The largest absolute Gasteiger partial charge is 0.370 e. The van der Waals surface area contributed by atoms with Crippen LogP contribution in [-0.2, 0) is 4.79 Å². The molecular weight excluding hydrogens is 556 g/mol. The molecule has 0 bridgehead atoms. The summed E-state index contributed by atoms with van der Waals surface area (Å²) >= 11 is 2.95. The minimum Gasteiger partial charge on any atom is -0.370 e. The number of carbonyl (C=O) groups is 1. The zero-order valence-corrected chi connectivity index (χ0v) is 24.2. The fraction of sp³-hybridized carbons (Fsp3) is 0.188. The van der Waals surface area contributed by atoms with E-state index in [4.69, 9.17) is 0 Å². The Morgan fingerprint density at radius 2 is 2.00 bits per heavy atom. The van der Waals surface area contributed by atoms with E-state index in [0.717, 1.165) is 43.2 Å². The van der Waals surface area contributed by atoms with Gasteiger partial charge in [0.15, 0.2) is 0 Å². The zero-order valence-electron chi connectivity index (χ0n) is 22.6.